The average Bonchev–Trinajstić information content (AvgIpc) is 2.41. The number of methoxy groups -OCH3 is 1. The predicted molar refractivity (Wildman–Crippen MR) is 66.2 cm³/mol. The molecule has 18 heavy (non-hydrogen) atoms. The van der Waals surface area contributed by atoms with Crippen molar-refractivity contribution < 1.29 is 19.0 Å². The van der Waals surface area contributed by atoms with Crippen molar-refractivity contribution >= 4 is 11.7 Å². The van der Waals surface area contributed by atoms with E-state index in [0.717, 1.165) is 12.0 Å². The van der Waals surface area contributed by atoms with Crippen LogP contribution >= 0.6 is 0 Å². The van der Waals surface area contributed by atoms with Gasteiger partial charge in [-0.2, -0.15) is 0 Å². The molecule has 1 aliphatic rings. The maximum Gasteiger partial charge on any atom is 0.337 e. The van der Waals surface area contributed by atoms with Gasteiger partial charge >= 0.3 is 5.97 Å². The Labute approximate surface area is 106 Å². The molecule has 0 spiro atoms. The van der Waals surface area contributed by atoms with E-state index in [-0.39, 0.29) is 12.3 Å². The molecule has 1 aromatic rings. The van der Waals surface area contributed by atoms with Crippen LogP contribution in [-0.2, 0) is 20.6 Å². The number of nitrogen functional groups attached to an aromatic ring is 1. The summed E-state index contributed by atoms with van der Waals surface area (Å²) in [5, 5.41) is 0. The summed E-state index contributed by atoms with van der Waals surface area (Å²) in [4.78, 5) is 11.4. The highest BCUT2D eigenvalue weighted by atomic mass is 16.7. The molecule has 0 radical (unpaired) electrons. The molecule has 98 valence electrons. The Hall–Kier alpha value is -1.59. The number of hydrogen-bond donors (Lipinski definition) is 1. The molecule has 0 saturated carbocycles. The lowest BCUT2D eigenvalue weighted by Gasteiger charge is -2.23. The van der Waals surface area contributed by atoms with Crippen LogP contribution < -0.4 is 5.73 Å². The van der Waals surface area contributed by atoms with Crippen LogP contribution in [0.4, 0.5) is 5.69 Å². The molecule has 5 nitrogen and oxygen atoms in total. The number of ether oxygens (including phenoxy) is 3. The molecule has 1 heterocycles. The summed E-state index contributed by atoms with van der Waals surface area (Å²) in [5.74, 6) is -0.373. The van der Waals surface area contributed by atoms with Crippen LogP contribution in [0.3, 0.4) is 0 Å². The fourth-order valence-electron chi connectivity index (χ4n) is 1.86. The van der Waals surface area contributed by atoms with Crippen molar-refractivity contribution in [1.29, 1.82) is 0 Å². The van der Waals surface area contributed by atoms with Crippen molar-refractivity contribution in [3.05, 3.63) is 29.3 Å². The smallest absolute Gasteiger partial charge is 0.337 e. The lowest BCUT2D eigenvalue weighted by molar-refractivity contribution is -0.176. The second kappa shape index (κ2) is 5.84. The van der Waals surface area contributed by atoms with Gasteiger partial charge in [0.25, 0.3) is 0 Å². The van der Waals surface area contributed by atoms with Crippen molar-refractivity contribution in [3.63, 3.8) is 0 Å². The molecule has 2 N–H and O–H groups in total. The van der Waals surface area contributed by atoms with Crippen molar-refractivity contribution in [2.24, 2.45) is 0 Å². The molecule has 0 aromatic heterocycles. The zero-order chi connectivity index (χ0) is 13.0. The quantitative estimate of drug-likeness (QED) is 0.648. The molecule has 0 amide bonds. The van der Waals surface area contributed by atoms with Crippen molar-refractivity contribution in [2.75, 3.05) is 26.1 Å². The van der Waals surface area contributed by atoms with Gasteiger partial charge in [0.15, 0.2) is 6.29 Å². The van der Waals surface area contributed by atoms with Crippen LogP contribution in [0.5, 0.6) is 0 Å². The van der Waals surface area contributed by atoms with Crippen molar-refractivity contribution in [2.45, 2.75) is 19.1 Å². The summed E-state index contributed by atoms with van der Waals surface area (Å²) < 4.78 is 15.6. The summed E-state index contributed by atoms with van der Waals surface area (Å²) in [6.07, 6.45) is 1.17. The minimum Gasteiger partial charge on any atom is -0.465 e. The molecule has 5 heteroatoms. The summed E-state index contributed by atoms with van der Waals surface area (Å²) in [7, 11) is 1.35. The summed E-state index contributed by atoms with van der Waals surface area (Å²) >= 11 is 0. The van der Waals surface area contributed by atoms with Crippen molar-refractivity contribution in [1.82, 2.24) is 0 Å². The molecule has 0 aliphatic carbocycles. The molecular weight excluding hydrogens is 234 g/mol. The fraction of sp³-hybridized carbons (Fsp3) is 0.462. The van der Waals surface area contributed by atoms with Crippen LogP contribution in [0.2, 0.25) is 0 Å². The van der Waals surface area contributed by atoms with Crippen LogP contribution in [-0.4, -0.2) is 32.6 Å². The van der Waals surface area contributed by atoms with E-state index in [1.165, 1.54) is 7.11 Å². The molecule has 0 unspecified atom stereocenters. The van der Waals surface area contributed by atoms with Crippen LogP contribution in [0.15, 0.2) is 18.2 Å². The highest BCUT2D eigenvalue weighted by molar-refractivity contribution is 5.90. The van der Waals surface area contributed by atoms with E-state index < -0.39 is 0 Å². The van der Waals surface area contributed by atoms with E-state index in [4.69, 9.17) is 15.2 Å². The topological polar surface area (TPSA) is 70.8 Å². The van der Waals surface area contributed by atoms with Crippen molar-refractivity contribution in [3.8, 4) is 0 Å². The molecule has 0 atom stereocenters. The molecule has 1 aliphatic heterocycles. The van der Waals surface area contributed by atoms with E-state index >= 15 is 0 Å². The Bertz CT molecular complexity index is 427. The SMILES string of the molecule is COC(=O)c1ccc(N)c(CC2OCCCO2)c1. The Morgan fingerprint density at radius 3 is 2.83 bits per heavy atom. The van der Waals surface area contributed by atoms with Gasteiger partial charge in [0, 0.05) is 12.1 Å². The maximum atomic E-state index is 11.4. The third-order valence-electron chi connectivity index (χ3n) is 2.85. The van der Waals surface area contributed by atoms with Gasteiger partial charge in [-0.15, -0.1) is 0 Å². The number of benzene rings is 1. The number of rotatable bonds is 3. The number of esters is 1. The van der Waals surface area contributed by atoms with Crippen LogP contribution in [0.1, 0.15) is 22.3 Å². The Kier molecular flexibility index (Phi) is 4.17. The van der Waals surface area contributed by atoms with Gasteiger partial charge < -0.3 is 19.9 Å². The Morgan fingerprint density at radius 2 is 2.17 bits per heavy atom. The largest absolute Gasteiger partial charge is 0.465 e. The highest BCUT2D eigenvalue weighted by Gasteiger charge is 2.17. The van der Waals surface area contributed by atoms with Gasteiger partial charge in [0.2, 0.25) is 0 Å². The summed E-state index contributed by atoms with van der Waals surface area (Å²) in [6.45, 7) is 1.39. The minimum atomic E-state index is -0.373. The first kappa shape index (κ1) is 12.9. The first-order valence-corrected chi connectivity index (χ1v) is 5.90. The Morgan fingerprint density at radius 1 is 1.44 bits per heavy atom. The van der Waals surface area contributed by atoms with Gasteiger partial charge in [-0.3, -0.25) is 0 Å². The van der Waals surface area contributed by atoms with E-state index in [2.05, 4.69) is 4.74 Å². The number of nitrogens with two attached hydrogens (primary N) is 1. The lowest BCUT2D eigenvalue weighted by atomic mass is 10.1. The summed E-state index contributed by atoms with van der Waals surface area (Å²) in [6, 6.07) is 5.07. The normalized spacial score (nSPS) is 16.5. The zero-order valence-electron chi connectivity index (χ0n) is 10.3. The average molecular weight is 251 g/mol. The van der Waals surface area contributed by atoms with Gasteiger partial charge in [-0.1, -0.05) is 0 Å². The zero-order valence-corrected chi connectivity index (χ0v) is 10.3. The molecule has 1 aromatic carbocycles. The molecule has 1 fully saturated rings. The van der Waals surface area contributed by atoms with E-state index in [9.17, 15) is 4.79 Å². The minimum absolute atomic E-state index is 0.283. The second-order valence-corrected chi connectivity index (χ2v) is 4.13. The molecule has 0 bridgehead atoms. The van der Waals surface area contributed by atoms with Gasteiger partial charge in [0.05, 0.1) is 25.9 Å². The second-order valence-electron chi connectivity index (χ2n) is 4.13. The van der Waals surface area contributed by atoms with Gasteiger partial charge in [0.1, 0.15) is 0 Å². The molecule has 1 saturated heterocycles. The molecular formula is C13H17NO4. The Balaban J connectivity index is 2.12. The lowest BCUT2D eigenvalue weighted by Crippen LogP contribution is -2.27. The first-order chi connectivity index (χ1) is 8.70. The number of anilines is 1. The van der Waals surface area contributed by atoms with Crippen LogP contribution in [0.25, 0.3) is 0 Å². The number of hydrogen-bond acceptors (Lipinski definition) is 5. The maximum absolute atomic E-state index is 11.4. The predicted octanol–water partition coefficient (Wildman–Crippen LogP) is 1.36. The third-order valence-corrected chi connectivity index (χ3v) is 2.85. The standard InChI is InChI=1S/C13H17NO4/c1-16-13(15)9-3-4-11(14)10(7-9)8-12-17-5-2-6-18-12/h3-4,7,12H,2,5-6,8,14H2,1H3. The van der Waals surface area contributed by atoms with E-state index in [0.29, 0.717) is 30.9 Å². The van der Waals surface area contributed by atoms with E-state index in [1.54, 1.807) is 18.2 Å². The van der Waals surface area contributed by atoms with Gasteiger partial charge in [-0.25, -0.2) is 4.79 Å². The van der Waals surface area contributed by atoms with Crippen LogP contribution in [0, 0.1) is 0 Å². The highest BCUT2D eigenvalue weighted by Crippen LogP contribution is 2.19. The number of carbonyl (C=O) groups excluding carboxylic acids is 1. The monoisotopic (exact) mass is 251 g/mol. The number of carbonyl (C=O) groups is 1. The first-order valence-electron chi connectivity index (χ1n) is 5.90. The molecule has 2 rings (SSSR count). The van der Waals surface area contributed by atoms with E-state index in [1.807, 2.05) is 0 Å². The summed E-state index contributed by atoms with van der Waals surface area (Å²) in [5.41, 5.74) is 7.83. The van der Waals surface area contributed by atoms with Gasteiger partial charge in [-0.05, 0) is 30.2 Å². The fourth-order valence-corrected chi connectivity index (χ4v) is 1.86. The third kappa shape index (κ3) is 3.00.